The molecule has 24 heavy (non-hydrogen) atoms. The number of likely N-dealkylation sites (tertiary alicyclic amines) is 1. The first-order valence-corrected chi connectivity index (χ1v) is 8.14. The van der Waals surface area contributed by atoms with Crippen LogP contribution in [-0.2, 0) is 16.0 Å². The largest absolute Gasteiger partial charge is 0.481 e. The minimum absolute atomic E-state index is 0.0114. The van der Waals surface area contributed by atoms with Crippen molar-refractivity contribution in [1.29, 1.82) is 0 Å². The predicted molar refractivity (Wildman–Crippen MR) is 89.2 cm³/mol. The maximum Gasteiger partial charge on any atom is 0.308 e. The second kappa shape index (κ2) is 7.25. The molecular formula is C19H20N2O3. The van der Waals surface area contributed by atoms with Gasteiger partial charge < -0.3 is 10.0 Å². The van der Waals surface area contributed by atoms with E-state index in [9.17, 15) is 14.7 Å². The molecule has 1 aliphatic heterocycles. The number of aromatic nitrogens is 1. The van der Waals surface area contributed by atoms with E-state index in [2.05, 4.69) is 4.98 Å². The van der Waals surface area contributed by atoms with Crippen molar-refractivity contribution in [3.8, 4) is 0 Å². The van der Waals surface area contributed by atoms with Gasteiger partial charge in [0, 0.05) is 31.3 Å². The molecular weight excluding hydrogens is 304 g/mol. The maximum atomic E-state index is 12.5. The van der Waals surface area contributed by atoms with Crippen molar-refractivity contribution in [1.82, 2.24) is 9.88 Å². The van der Waals surface area contributed by atoms with E-state index in [0.29, 0.717) is 19.4 Å². The van der Waals surface area contributed by atoms with E-state index in [4.69, 9.17) is 0 Å². The van der Waals surface area contributed by atoms with Crippen LogP contribution in [0.3, 0.4) is 0 Å². The molecule has 0 radical (unpaired) electrons. The van der Waals surface area contributed by atoms with Gasteiger partial charge in [0.15, 0.2) is 0 Å². The zero-order valence-corrected chi connectivity index (χ0v) is 13.3. The molecule has 2 aromatic rings. The molecule has 1 fully saturated rings. The molecule has 0 bridgehead atoms. The van der Waals surface area contributed by atoms with Crippen molar-refractivity contribution in [3.05, 3.63) is 66.0 Å². The number of carbonyl (C=O) groups is 2. The van der Waals surface area contributed by atoms with Gasteiger partial charge in [-0.1, -0.05) is 36.4 Å². The van der Waals surface area contributed by atoms with Crippen LogP contribution in [0.2, 0.25) is 0 Å². The summed E-state index contributed by atoms with van der Waals surface area (Å²) in [5.41, 5.74) is 1.77. The van der Waals surface area contributed by atoms with E-state index in [0.717, 1.165) is 11.3 Å². The lowest BCUT2D eigenvalue weighted by molar-refractivity contribution is -0.152. The molecule has 1 N–H and O–H groups in total. The molecule has 1 aliphatic rings. The molecule has 1 aromatic heterocycles. The number of carbonyl (C=O) groups excluding carboxylic acids is 1. The summed E-state index contributed by atoms with van der Waals surface area (Å²) >= 11 is 0. The Morgan fingerprint density at radius 3 is 2.58 bits per heavy atom. The van der Waals surface area contributed by atoms with Gasteiger partial charge in [-0.05, 0) is 24.1 Å². The van der Waals surface area contributed by atoms with Gasteiger partial charge in [-0.3, -0.25) is 14.6 Å². The van der Waals surface area contributed by atoms with E-state index in [1.807, 2.05) is 48.5 Å². The molecule has 1 amide bonds. The van der Waals surface area contributed by atoms with Crippen molar-refractivity contribution in [2.24, 2.45) is 5.92 Å². The minimum atomic E-state index is -0.848. The van der Waals surface area contributed by atoms with E-state index in [1.165, 1.54) is 0 Å². The number of amides is 1. The third-order valence-corrected chi connectivity index (χ3v) is 4.50. The molecule has 0 saturated carbocycles. The Balaban J connectivity index is 1.87. The first-order valence-electron chi connectivity index (χ1n) is 8.14. The van der Waals surface area contributed by atoms with Crippen LogP contribution in [0.25, 0.3) is 0 Å². The van der Waals surface area contributed by atoms with E-state index >= 15 is 0 Å². The standard InChI is InChI=1S/C19H20N2O3/c22-17-10-9-16(19(23)24)18(14-6-2-1-3-7-14)21(17)13-11-15-8-4-5-12-20-15/h1-8,12,16,18H,9-11,13H2,(H,23,24)/t16-,18-/m0/s1. The second-order valence-corrected chi connectivity index (χ2v) is 6.00. The highest BCUT2D eigenvalue weighted by Crippen LogP contribution is 2.36. The number of benzene rings is 1. The predicted octanol–water partition coefficient (Wildman–Crippen LogP) is 2.69. The van der Waals surface area contributed by atoms with E-state index in [-0.39, 0.29) is 12.3 Å². The van der Waals surface area contributed by atoms with Crippen LogP contribution >= 0.6 is 0 Å². The van der Waals surface area contributed by atoms with Crippen LogP contribution in [-0.4, -0.2) is 33.4 Å². The Labute approximate surface area is 140 Å². The molecule has 5 heteroatoms. The molecule has 1 saturated heterocycles. The van der Waals surface area contributed by atoms with E-state index in [1.54, 1.807) is 11.1 Å². The fourth-order valence-corrected chi connectivity index (χ4v) is 3.32. The molecule has 3 rings (SSSR count). The normalized spacial score (nSPS) is 20.8. The second-order valence-electron chi connectivity index (χ2n) is 6.00. The van der Waals surface area contributed by atoms with Crippen LogP contribution in [0.15, 0.2) is 54.7 Å². The van der Waals surface area contributed by atoms with Crippen molar-refractivity contribution in [2.75, 3.05) is 6.54 Å². The van der Waals surface area contributed by atoms with E-state index < -0.39 is 17.9 Å². The topological polar surface area (TPSA) is 70.5 Å². The number of hydrogen-bond acceptors (Lipinski definition) is 3. The monoisotopic (exact) mass is 324 g/mol. The number of carboxylic acids is 1. The summed E-state index contributed by atoms with van der Waals surface area (Å²) in [5.74, 6) is -1.41. The molecule has 2 atom stereocenters. The van der Waals surface area contributed by atoms with Crippen LogP contribution < -0.4 is 0 Å². The summed E-state index contributed by atoms with van der Waals surface area (Å²) in [6.45, 7) is 0.471. The minimum Gasteiger partial charge on any atom is -0.481 e. The van der Waals surface area contributed by atoms with Gasteiger partial charge in [-0.15, -0.1) is 0 Å². The highest BCUT2D eigenvalue weighted by atomic mass is 16.4. The summed E-state index contributed by atoms with van der Waals surface area (Å²) in [7, 11) is 0. The molecule has 5 nitrogen and oxygen atoms in total. The van der Waals surface area contributed by atoms with Crippen LogP contribution in [0.1, 0.15) is 30.1 Å². The lowest BCUT2D eigenvalue weighted by Crippen LogP contribution is -2.46. The van der Waals surface area contributed by atoms with Gasteiger partial charge in [-0.25, -0.2) is 0 Å². The number of nitrogens with zero attached hydrogens (tertiary/aromatic N) is 2. The summed E-state index contributed by atoms with van der Waals surface area (Å²) in [6.07, 6.45) is 3.00. The SMILES string of the molecule is O=C(O)[C@H]1CCC(=O)N(CCc2ccccn2)[C@H]1c1ccccc1. The first-order chi connectivity index (χ1) is 11.7. The highest BCUT2D eigenvalue weighted by Gasteiger charge is 2.40. The number of pyridine rings is 1. The molecule has 0 aliphatic carbocycles. The zero-order valence-electron chi connectivity index (χ0n) is 13.3. The van der Waals surface area contributed by atoms with Crippen LogP contribution in [0, 0.1) is 5.92 Å². The average Bonchev–Trinajstić information content (AvgIpc) is 2.61. The third-order valence-electron chi connectivity index (χ3n) is 4.50. The summed E-state index contributed by atoms with van der Waals surface area (Å²) in [6, 6.07) is 14.7. The fraction of sp³-hybridized carbons (Fsp3) is 0.316. The van der Waals surface area contributed by atoms with Gasteiger partial charge >= 0.3 is 5.97 Å². The van der Waals surface area contributed by atoms with Gasteiger partial charge in [0.05, 0.1) is 12.0 Å². The average molecular weight is 324 g/mol. The molecule has 124 valence electrons. The summed E-state index contributed by atoms with van der Waals surface area (Å²) in [4.78, 5) is 30.2. The maximum absolute atomic E-state index is 12.5. The molecule has 0 unspecified atom stereocenters. The lowest BCUT2D eigenvalue weighted by Gasteiger charge is -2.39. The van der Waals surface area contributed by atoms with Gasteiger partial charge in [-0.2, -0.15) is 0 Å². The highest BCUT2D eigenvalue weighted by molar-refractivity contribution is 5.81. The Bertz CT molecular complexity index is 703. The fourth-order valence-electron chi connectivity index (χ4n) is 3.32. The Morgan fingerprint density at radius 1 is 1.17 bits per heavy atom. The number of aliphatic carboxylic acids is 1. The Hall–Kier alpha value is -2.69. The third kappa shape index (κ3) is 3.45. The van der Waals surface area contributed by atoms with Crippen LogP contribution in [0.5, 0.6) is 0 Å². The summed E-state index contributed by atoms with van der Waals surface area (Å²) < 4.78 is 0. The van der Waals surface area contributed by atoms with Crippen molar-refractivity contribution in [2.45, 2.75) is 25.3 Å². The molecule has 1 aromatic carbocycles. The van der Waals surface area contributed by atoms with Crippen LogP contribution in [0.4, 0.5) is 0 Å². The number of rotatable bonds is 5. The number of hydrogen-bond donors (Lipinski definition) is 1. The number of carboxylic acid groups (broad SMARTS) is 1. The van der Waals surface area contributed by atoms with Crippen molar-refractivity contribution >= 4 is 11.9 Å². The molecule has 2 heterocycles. The Morgan fingerprint density at radius 2 is 1.92 bits per heavy atom. The zero-order chi connectivity index (χ0) is 16.9. The number of piperidine rings is 1. The van der Waals surface area contributed by atoms with Crippen molar-refractivity contribution < 1.29 is 14.7 Å². The van der Waals surface area contributed by atoms with Gasteiger partial charge in [0.25, 0.3) is 0 Å². The van der Waals surface area contributed by atoms with Gasteiger partial charge in [0.2, 0.25) is 5.91 Å². The smallest absolute Gasteiger partial charge is 0.308 e. The summed E-state index contributed by atoms with van der Waals surface area (Å²) in [5, 5.41) is 9.61. The molecule has 0 spiro atoms. The first kappa shape index (κ1) is 16.2. The Kier molecular flexibility index (Phi) is 4.89. The quantitative estimate of drug-likeness (QED) is 0.918. The van der Waals surface area contributed by atoms with Crippen molar-refractivity contribution in [3.63, 3.8) is 0 Å². The van der Waals surface area contributed by atoms with Gasteiger partial charge in [0.1, 0.15) is 0 Å². The lowest BCUT2D eigenvalue weighted by atomic mass is 9.84.